The highest BCUT2D eigenvalue weighted by Crippen LogP contribution is 2.16. The van der Waals surface area contributed by atoms with Crippen molar-refractivity contribution < 1.29 is 23.5 Å². The van der Waals surface area contributed by atoms with Crippen LogP contribution in [-0.4, -0.2) is 53.6 Å². The number of aryl methyl sites for hydroxylation is 2. The van der Waals surface area contributed by atoms with E-state index >= 15 is 0 Å². The molecule has 0 saturated heterocycles. The molecule has 0 bridgehead atoms. The maximum atomic E-state index is 13.9. The van der Waals surface area contributed by atoms with Gasteiger partial charge in [-0.25, -0.2) is 8.78 Å². The molecule has 41 heavy (non-hydrogen) atoms. The van der Waals surface area contributed by atoms with Gasteiger partial charge in [0.05, 0.1) is 12.1 Å². The van der Waals surface area contributed by atoms with Crippen molar-refractivity contribution in [3.8, 4) is 0 Å². The van der Waals surface area contributed by atoms with E-state index in [1.807, 2.05) is 32.9 Å². The quantitative estimate of drug-likeness (QED) is 0.251. The Balaban J connectivity index is 1.80. The van der Waals surface area contributed by atoms with Gasteiger partial charge in [0.15, 0.2) is 0 Å². The van der Waals surface area contributed by atoms with E-state index in [-0.39, 0.29) is 24.4 Å². The summed E-state index contributed by atoms with van der Waals surface area (Å²) in [4.78, 5) is 28.2. The molecule has 3 rings (SSSR count). The van der Waals surface area contributed by atoms with E-state index in [9.17, 15) is 23.5 Å². The monoisotopic (exact) mass is 565 g/mol. The Labute approximate surface area is 241 Å². The molecular weight excluding hydrogens is 524 g/mol. The number of nitrogens with one attached hydrogen (secondary N) is 2. The van der Waals surface area contributed by atoms with Crippen LogP contribution < -0.4 is 10.6 Å². The van der Waals surface area contributed by atoms with E-state index in [1.54, 1.807) is 23.1 Å². The number of benzene rings is 3. The first-order valence-corrected chi connectivity index (χ1v) is 14.3. The van der Waals surface area contributed by atoms with Crippen LogP contribution in [0, 0.1) is 18.6 Å². The number of rotatable bonds is 14. The van der Waals surface area contributed by atoms with Crippen LogP contribution in [0.25, 0.3) is 0 Å². The summed E-state index contributed by atoms with van der Waals surface area (Å²) in [5, 5.41) is 17.2. The highest BCUT2D eigenvalue weighted by Gasteiger charge is 2.24. The van der Waals surface area contributed by atoms with E-state index < -0.39 is 29.7 Å². The number of amides is 2. The average molecular weight is 566 g/mol. The van der Waals surface area contributed by atoms with E-state index in [1.165, 1.54) is 17.7 Å². The molecule has 0 saturated carbocycles. The third kappa shape index (κ3) is 9.47. The zero-order valence-corrected chi connectivity index (χ0v) is 24.3. The van der Waals surface area contributed by atoms with Crippen molar-refractivity contribution in [2.75, 3.05) is 19.6 Å². The maximum absolute atomic E-state index is 13.9. The molecule has 8 heteroatoms. The fraction of sp³-hybridized carbons (Fsp3) is 0.394. The van der Waals surface area contributed by atoms with Crippen molar-refractivity contribution in [1.82, 2.24) is 15.5 Å². The van der Waals surface area contributed by atoms with Gasteiger partial charge in [0.25, 0.3) is 11.8 Å². The van der Waals surface area contributed by atoms with Crippen LogP contribution in [0.15, 0.2) is 60.7 Å². The van der Waals surface area contributed by atoms with Gasteiger partial charge < -0.3 is 20.6 Å². The molecule has 0 spiro atoms. The summed E-state index contributed by atoms with van der Waals surface area (Å²) in [6.07, 6.45) is 0.671. The zero-order valence-electron chi connectivity index (χ0n) is 24.3. The predicted molar refractivity (Wildman–Crippen MR) is 158 cm³/mol. The molecule has 2 amide bonds. The fourth-order valence-corrected chi connectivity index (χ4v) is 4.88. The summed E-state index contributed by atoms with van der Waals surface area (Å²) in [5.41, 5.74) is 3.99. The van der Waals surface area contributed by atoms with Gasteiger partial charge in [-0.2, -0.15) is 0 Å². The number of carbonyl (C=O) groups is 2. The van der Waals surface area contributed by atoms with Crippen LogP contribution in [0.5, 0.6) is 0 Å². The molecule has 0 aliphatic rings. The second-order valence-corrected chi connectivity index (χ2v) is 10.4. The molecule has 0 radical (unpaired) electrons. The normalized spacial score (nSPS) is 12.6. The lowest BCUT2D eigenvalue weighted by Crippen LogP contribution is -2.48. The number of aliphatic hydroxyl groups excluding tert-OH is 1. The summed E-state index contributed by atoms with van der Waals surface area (Å²) >= 11 is 0. The van der Waals surface area contributed by atoms with E-state index in [0.29, 0.717) is 30.8 Å². The standard InChI is InChI=1S/C33H41F2N3O3/c1-5-11-38(7-3)33(41)27-13-22(4)12-26(18-27)32(40)37-30(17-25-15-28(34)19-29(35)16-25)31(39)21-36-20-24-10-8-9-23(6-2)14-24/h8-10,12-16,18-19,30-31,36,39H,5-7,11,17,20-21H2,1-4H3,(H,37,40)/t30-,31+/m0/s1. The lowest BCUT2D eigenvalue weighted by Gasteiger charge is -2.25. The molecule has 0 unspecified atom stereocenters. The highest BCUT2D eigenvalue weighted by atomic mass is 19.1. The number of hydrogen-bond donors (Lipinski definition) is 3. The third-order valence-corrected chi connectivity index (χ3v) is 6.99. The molecule has 0 aliphatic carbocycles. The molecule has 6 nitrogen and oxygen atoms in total. The van der Waals surface area contributed by atoms with Crippen molar-refractivity contribution in [2.45, 2.75) is 65.6 Å². The number of aliphatic hydroxyl groups is 1. The Kier molecular flexibility index (Phi) is 12.0. The predicted octanol–water partition coefficient (Wildman–Crippen LogP) is 5.20. The van der Waals surface area contributed by atoms with Crippen LogP contribution in [0.2, 0.25) is 0 Å². The van der Waals surface area contributed by atoms with Crippen LogP contribution in [0.4, 0.5) is 8.78 Å². The summed E-state index contributed by atoms with van der Waals surface area (Å²) < 4.78 is 27.9. The highest BCUT2D eigenvalue weighted by molar-refractivity contribution is 6.00. The van der Waals surface area contributed by atoms with Crippen LogP contribution in [0.3, 0.4) is 0 Å². The molecular formula is C33H41F2N3O3. The average Bonchev–Trinajstić information content (AvgIpc) is 2.94. The molecule has 3 aromatic rings. The van der Waals surface area contributed by atoms with Gasteiger partial charge in [-0.05, 0) is 85.7 Å². The summed E-state index contributed by atoms with van der Waals surface area (Å²) in [5.74, 6) is -2.11. The zero-order chi connectivity index (χ0) is 29.9. The van der Waals surface area contributed by atoms with E-state index in [4.69, 9.17) is 0 Å². The van der Waals surface area contributed by atoms with Gasteiger partial charge in [-0.15, -0.1) is 0 Å². The lowest BCUT2D eigenvalue weighted by molar-refractivity contribution is 0.0764. The van der Waals surface area contributed by atoms with Gasteiger partial charge in [0.1, 0.15) is 11.6 Å². The van der Waals surface area contributed by atoms with Gasteiger partial charge >= 0.3 is 0 Å². The minimum atomic E-state index is -1.06. The Morgan fingerprint density at radius 3 is 2.24 bits per heavy atom. The molecule has 0 aliphatic heterocycles. The molecule has 0 heterocycles. The Morgan fingerprint density at radius 1 is 0.902 bits per heavy atom. The van der Waals surface area contributed by atoms with Crippen molar-refractivity contribution in [1.29, 1.82) is 0 Å². The topological polar surface area (TPSA) is 81.7 Å². The van der Waals surface area contributed by atoms with Gasteiger partial charge in [-0.3, -0.25) is 9.59 Å². The maximum Gasteiger partial charge on any atom is 0.253 e. The SMILES string of the molecule is CCCN(CC)C(=O)c1cc(C)cc(C(=O)N[C@@H](Cc2cc(F)cc(F)c2)[C@H](O)CNCc2cccc(CC)c2)c1. The molecule has 0 fully saturated rings. The fourth-order valence-electron chi connectivity index (χ4n) is 4.88. The first-order valence-electron chi connectivity index (χ1n) is 14.3. The largest absolute Gasteiger partial charge is 0.390 e. The van der Waals surface area contributed by atoms with Crippen molar-refractivity contribution >= 4 is 11.8 Å². The van der Waals surface area contributed by atoms with Gasteiger partial charge in [0, 0.05) is 43.4 Å². The molecule has 3 aromatic carbocycles. The van der Waals surface area contributed by atoms with Crippen molar-refractivity contribution in [2.24, 2.45) is 0 Å². The lowest BCUT2D eigenvalue weighted by atomic mass is 9.99. The molecule has 0 aromatic heterocycles. The Morgan fingerprint density at radius 2 is 1.59 bits per heavy atom. The number of hydrogen-bond acceptors (Lipinski definition) is 4. The number of halogens is 2. The smallest absolute Gasteiger partial charge is 0.253 e. The summed E-state index contributed by atoms with van der Waals surface area (Å²) in [6, 6.07) is 15.4. The second-order valence-electron chi connectivity index (χ2n) is 10.4. The molecule has 220 valence electrons. The molecule has 3 N–H and O–H groups in total. The summed E-state index contributed by atoms with van der Waals surface area (Å²) in [7, 11) is 0. The van der Waals surface area contributed by atoms with Gasteiger partial charge in [0.2, 0.25) is 0 Å². The first kappa shape index (κ1) is 31.9. The Hall–Kier alpha value is -3.62. The summed E-state index contributed by atoms with van der Waals surface area (Å²) in [6.45, 7) is 9.61. The minimum absolute atomic E-state index is 0.00625. The van der Waals surface area contributed by atoms with E-state index in [2.05, 4.69) is 29.7 Å². The van der Waals surface area contributed by atoms with Crippen molar-refractivity contribution in [3.63, 3.8) is 0 Å². The Bertz CT molecular complexity index is 1310. The molecule has 2 atom stereocenters. The number of nitrogens with zero attached hydrogens (tertiary/aromatic N) is 1. The van der Waals surface area contributed by atoms with E-state index in [0.717, 1.165) is 30.0 Å². The minimum Gasteiger partial charge on any atom is -0.390 e. The van der Waals surface area contributed by atoms with Crippen LogP contribution >= 0.6 is 0 Å². The van der Waals surface area contributed by atoms with Crippen LogP contribution in [0.1, 0.15) is 70.2 Å². The number of carbonyl (C=O) groups excluding carboxylic acids is 2. The van der Waals surface area contributed by atoms with Crippen LogP contribution in [-0.2, 0) is 19.4 Å². The van der Waals surface area contributed by atoms with Crippen molar-refractivity contribution in [3.05, 3.63) is 106 Å². The van der Waals surface area contributed by atoms with Gasteiger partial charge in [-0.1, -0.05) is 38.1 Å². The first-order chi connectivity index (χ1) is 19.6. The third-order valence-electron chi connectivity index (χ3n) is 6.99. The second kappa shape index (κ2) is 15.4.